The van der Waals surface area contributed by atoms with Crippen LogP contribution < -0.4 is 8.32 Å². The number of benzene rings is 2. The molecule has 1 aliphatic rings. The zero-order valence-corrected chi connectivity index (χ0v) is 26.0. The normalized spacial score (nSPS) is 14.8. The van der Waals surface area contributed by atoms with Crippen molar-refractivity contribution < 1.29 is 18.9 Å². The second-order valence-electron chi connectivity index (χ2n) is 10.3. The molecule has 2 aromatic rings. The van der Waals surface area contributed by atoms with Gasteiger partial charge in [0.2, 0.25) is 0 Å². The van der Waals surface area contributed by atoms with Gasteiger partial charge in [-0.25, -0.2) is 0 Å². The van der Waals surface area contributed by atoms with Crippen LogP contribution in [0.3, 0.4) is 0 Å². The summed E-state index contributed by atoms with van der Waals surface area (Å²) in [4.78, 5) is 0. The monoisotopic (exact) mass is 604 g/mol. The first kappa shape index (κ1) is 29.5. The van der Waals surface area contributed by atoms with Gasteiger partial charge in [0.1, 0.15) is 0 Å². The minimum atomic E-state index is -2.89. The first-order chi connectivity index (χ1) is 17.6. The quantitative estimate of drug-likeness (QED) is 0.111. The van der Waals surface area contributed by atoms with Crippen molar-refractivity contribution in [1.29, 1.82) is 0 Å². The number of hydrogen-bond donors (Lipinski definition) is 0. The maximum absolute atomic E-state index is 6.54. The van der Waals surface area contributed by atoms with Gasteiger partial charge in [0.25, 0.3) is 0 Å². The Bertz CT molecular complexity index is 858. The molecule has 0 aromatic heterocycles. The first-order valence-corrected chi connectivity index (χ1v) is 21.7. The summed E-state index contributed by atoms with van der Waals surface area (Å²) < 4.78 is 30.6. The SMILES string of the molecule is CCC[CH2][Sn]([CH2]CCC)([CH2]CCC)[c]1c(OCOCc2ccccc2)cc(C)cc1C1OCCCO1. The molecule has 1 saturated heterocycles. The zero-order chi connectivity index (χ0) is 25.6. The van der Waals surface area contributed by atoms with Gasteiger partial charge in [-0.2, -0.15) is 0 Å². The summed E-state index contributed by atoms with van der Waals surface area (Å²) in [6.45, 7) is 11.5. The van der Waals surface area contributed by atoms with Gasteiger partial charge >= 0.3 is 225 Å². The molecule has 1 fully saturated rings. The van der Waals surface area contributed by atoms with Crippen molar-refractivity contribution in [3.8, 4) is 5.75 Å². The summed E-state index contributed by atoms with van der Waals surface area (Å²) in [5.74, 6) is 1.04. The summed E-state index contributed by atoms with van der Waals surface area (Å²) in [5, 5.41) is 0. The fourth-order valence-electron chi connectivity index (χ4n) is 5.45. The Hall–Kier alpha value is -1.08. The Morgan fingerprint density at radius 3 is 2.06 bits per heavy atom. The number of rotatable bonds is 16. The molecule has 0 amide bonds. The van der Waals surface area contributed by atoms with Gasteiger partial charge in [0, 0.05) is 0 Å². The van der Waals surface area contributed by atoms with Crippen molar-refractivity contribution in [3.05, 3.63) is 59.2 Å². The van der Waals surface area contributed by atoms with Crippen LogP contribution in [0.25, 0.3) is 0 Å². The van der Waals surface area contributed by atoms with Crippen molar-refractivity contribution in [2.24, 2.45) is 0 Å². The van der Waals surface area contributed by atoms with E-state index in [0.29, 0.717) is 6.61 Å². The predicted molar refractivity (Wildman–Crippen MR) is 152 cm³/mol. The van der Waals surface area contributed by atoms with Crippen molar-refractivity contribution in [2.45, 2.75) is 98.8 Å². The van der Waals surface area contributed by atoms with E-state index in [1.165, 1.54) is 66.5 Å². The molecular formula is C31H48O4Sn. The van der Waals surface area contributed by atoms with Gasteiger partial charge < -0.3 is 0 Å². The molecule has 1 aliphatic heterocycles. The van der Waals surface area contributed by atoms with Crippen LogP contribution in [0.4, 0.5) is 0 Å². The first-order valence-electron chi connectivity index (χ1n) is 14.3. The molecule has 4 nitrogen and oxygen atoms in total. The van der Waals surface area contributed by atoms with E-state index in [2.05, 4.69) is 52.0 Å². The average Bonchev–Trinajstić information content (AvgIpc) is 2.92. The van der Waals surface area contributed by atoms with Crippen LogP contribution in [0.1, 0.15) is 88.7 Å². The summed E-state index contributed by atoms with van der Waals surface area (Å²) in [6.07, 6.45) is 8.31. The second kappa shape index (κ2) is 16.0. The van der Waals surface area contributed by atoms with Gasteiger partial charge in [-0.15, -0.1) is 0 Å². The summed E-state index contributed by atoms with van der Waals surface area (Å²) in [7, 11) is 0. The molecule has 200 valence electrons. The summed E-state index contributed by atoms with van der Waals surface area (Å²) in [6, 6.07) is 14.9. The van der Waals surface area contributed by atoms with E-state index in [1.807, 2.05) is 18.2 Å². The minimum absolute atomic E-state index is 0.258. The Balaban J connectivity index is 2.00. The number of ether oxygens (including phenoxy) is 4. The van der Waals surface area contributed by atoms with Crippen molar-refractivity contribution >= 4 is 22.0 Å². The van der Waals surface area contributed by atoms with Crippen LogP contribution in [0.5, 0.6) is 5.75 Å². The third-order valence-electron chi connectivity index (χ3n) is 7.32. The molecule has 1 heterocycles. The van der Waals surface area contributed by atoms with Crippen molar-refractivity contribution in [3.63, 3.8) is 0 Å². The third-order valence-corrected chi connectivity index (χ3v) is 23.1. The molecule has 3 rings (SSSR count). The van der Waals surface area contributed by atoms with Gasteiger partial charge in [0.15, 0.2) is 0 Å². The third kappa shape index (κ3) is 8.47. The van der Waals surface area contributed by atoms with Crippen LogP contribution in [0.2, 0.25) is 13.3 Å². The Labute approximate surface area is 223 Å². The van der Waals surface area contributed by atoms with E-state index in [-0.39, 0.29) is 13.1 Å². The van der Waals surface area contributed by atoms with Crippen LogP contribution in [0.15, 0.2) is 42.5 Å². The molecule has 0 aliphatic carbocycles. The van der Waals surface area contributed by atoms with E-state index in [4.69, 9.17) is 18.9 Å². The molecule has 0 unspecified atom stereocenters. The van der Waals surface area contributed by atoms with Crippen LogP contribution in [-0.4, -0.2) is 38.4 Å². The molecule has 5 heteroatoms. The Morgan fingerprint density at radius 1 is 0.861 bits per heavy atom. The van der Waals surface area contributed by atoms with Crippen LogP contribution in [0, 0.1) is 6.92 Å². The Kier molecular flexibility index (Phi) is 13.1. The average molecular weight is 603 g/mol. The van der Waals surface area contributed by atoms with E-state index in [1.54, 1.807) is 0 Å². The summed E-state index contributed by atoms with van der Waals surface area (Å²) in [5.41, 5.74) is 3.62. The van der Waals surface area contributed by atoms with E-state index < -0.39 is 18.4 Å². The van der Waals surface area contributed by atoms with Gasteiger partial charge in [-0.05, 0) is 0 Å². The topological polar surface area (TPSA) is 36.9 Å². The fraction of sp³-hybridized carbons (Fsp3) is 0.613. The number of hydrogen-bond acceptors (Lipinski definition) is 4. The van der Waals surface area contributed by atoms with Crippen molar-refractivity contribution in [1.82, 2.24) is 0 Å². The van der Waals surface area contributed by atoms with Crippen LogP contribution in [-0.2, 0) is 20.8 Å². The Morgan fingerprint density at radius 2 is 1.47 bits per heavy atom. The van der Waals surface area contributed by atoms with Crippen molar-refractivity contribution in [2.75, 3.05) is 20.0 Å². The molecular weight excluding hydrogens is 555 g/mol. The second-order valence-corrected chi connectivity index (χ2v) is 23.4. The number of unbranched alkanes of at least 4 members (excludes halogenated alkanes) is 3. The van der Waals surface area contributed by atoms with Gasteiger partial charge in [0.05, 0.1) is 0 Å². The standard InChI is InChI=1S/C19H21O4.3C4H9.Sn/c1-15-10-17(19-21-8-5-9-22-19)12-18(11-15)23-14-20-13-16-6-3-2-4-7-16;3*1-3-4-2;/h2-4,6-7,10-11,19H,5,8-9,13-14H2,1H3;3*1,3-4H2,2H3;. The summed E-state index contributed by atoms with van der Waals surface area (Å²) >= 11 is -2.89. The van der Waals surface area contributed by atoms with Gasteiger partial charge in [-0.3, -0.25) is 0 Å². The maximum atomic E-state index is 6.54. The fourth-order valence-corrected chi connectivity index (χ4v) is 22.7. The molecule has 0 N–H and O–H groups in total. The van der Waals surface area contributed by atoms with E-state index in [9.17, 15) is 0 Å². The molecule has 36 heavy (non-hydrogen) atoms. The molecule has 2 aromatic carbocycles. The zero-order valence-electron chi connectivity index (χ0n) is 23.2. The molecule has 0 saturated carbocycles. The van der Waals surface area contributed by atoms with E-state index in [0.717, 1.165) is 30.9 Å². The predicted octanol–water partition coefficient (Wildman–Crippen LogP) is 8.04. The van der Waals surface area contributed by atoms with Crippen LogP contribution >= 0.6 is 0 Å². The van der Waals surface area contributed by atoms with Gasteiger partial charge in [-0.1, -0.05) is 0 Å². The molecule has 0 atom stereocenters. The van der Waals surface area contributed by atoms with E-state index >= 15 is 0 Å². The molecule has 0 spiro atoms. The molecule has 0 radical (unpaired) electrons. The molecule has 0 bridgehead atoms. The number of aryl methyl sites for hydroxylation is 1.